The van der Waals surface area contributed by atoms with Gasteiger partial charge >= 0.3 is 5.97 Å². The summed E-state index contributed by atoms with van der Waals surface area (Å²) in [6, 6.07) is 0. The Bertz CT molecular complexity index is 304. The van der Waals surface area contributed by atoms with E-state index < -0.39 is 11.5 Å². The Morgan fingerprint density at radius 3 is 2.50 bits per heavy atom. The van der Waals surface area contributed by atoms with E-state index in [1.165, 1.54) is 27.1 Å². The van der Waals surface area contributed by atoms with Crippen molar-refractivity contribution in [1.29, 1.82) is 0 Å². The second-order valence-corrected chi connectivity index (χ2v) is 4.88. The molecule has 0 aliphatic heterocycles. The van der Waals surface area contributed by atoms with Gasteiger partial charge in [-0.05, 0) is 32.2 Å². The van der Waals surface area contributed by atoms with Gasteiger partial charge in [0.1, 0.15) is 0 Å². The van der Waals surface area contributed by atoms with Crippen molar-refractivity contribution in [3.8, 4) is 0 Å². The summed E-state index contributed by atoms with van der Waals surface area (Å²) in [5, 5.41) is 5.70. The van der Waals surface area contributed by atoms with Crippen molar-refractivity contribution in [3.63, 3.8) is 0 Å². The van der Waals surface area contributed by atoms with Crippen LogP contribution in [0.3, 0.4) is 0 Å². The Morgan fingerprint density at radius 1 is 1.33 bits per heavy atom. The largest absolute Gasteiger partial charge is 0.467 e. The number of carbonyl (C=O) groups excluding carboxylic acids is 2. The van der Waals surface area contributed by atoms with Gasteiger partial charge in [-0.3, -0.25) is 4.79 Å². The van der Waals surface area contributed by atoms with Crippen molar-refractivity contribution in [3.05, 3.63) is 0 Å². The molecule has 1 fully saturated rings. The second-order valence-electron chi connectivity index (χ2n) is 4.88. The Balaban J connectivity index is 2.37. The number of rotatable bonds is 8. The van der Waals surface area contributed by atoms with Gasteiger partial charge in [0.25, 0.3) is 0 Å². The smallest absolute Gasteiger partial charge is 0.333 e. The van der Waals surface area contributed by atoms with Gasteiger partial charge in [0.05, 0.1) is 20.3 Å². The van der Waals surface area contributed by atoms with Crippen molar-refractivity contribution in [2.24, 2.45) is 5.92 Å². The SMILES string of the molecule is COCC(C)(NC(=O)CNCC1CC1)C(=O)OC. The van der Waals surface area contributed by atoms with E-state index in [2.05, 4.69) is 15.4 Å². The van der Waals surface area contributed by atoms with Crippen molar-refractivity contribution in [1.82, 2.24) is 10.6 Å². The zero-order valence-corrected chi connectivity index (χ0v) is 11.2. The van der Waals surface area contributed by atoms with Crippen LogP contribution in [0.5, 0.6) is 0 Å². The molecule has 0 saturated heterocycles. The molecule has 1 atom stereocenters. The van der Waals surface area contributed by atoms with Crippen LogP contribution in [0, 0.1) is 5.92 Å². The maximum atomic E-state index is 11.7. The fourth-order valence-corrected chi connectivity index (χ4v) is 1.72. The Kier molecular flexibility index (Phi) is 5.55. The van der Waals surface area contributed by atoms with Gasteiger partial charge in [0, 0.05) is 7.11 Å². The van der Waals surface area contributed by atoms with E-state index >= 15 is 0 Å². The van der Waals surface area contributed by atoms with Crippen LogP contribution in [-0.4, -0.2) is 51.3 Å². The molecule has 0 aromatic heterocycles. The highest BCUT2D eigenvalue weighted by molar-refractivity contribution is 5.88. The van der Waals surface area contributed by atoms with E-state index in [4.69, 9.17) is 4.74 Å². The van der Waals surface area contributed by atoms with Crippen LogP contribution in [-0.2, 0) is 19.1 Å². The van der Waals surface area contributed by atoms with Crippen LogP contribution in [0.1, 0.15) is 19.8 Å². The molecular formula is C12H22N2O4. The molecular weight excluding hydrogens is 236 g/mol. The molecule has 1 rings (SSSR count). The first-order chi connectivity index (χ1) is 8.51. The molecule has 2 N–H and O–H groups in total. The average Bonchev–Trinajstić information content (AvgIpc) is 3.12. The van der Waals surface area contributed by atoms with Gasteiger partial charge in [-0.15, -0.1) is 0 Å². The zero-order chi connectivity index (χ0) is 13.6. The van der Waals surface area contributed by atoms with Crippen molar-refractivity contribution >= 4 is 11.9 Å². The fourth-order valence-electron chi connectivity index (χ4n) is 1.72. The summed E-state index contributed by atoms with van der Waals surface area (Å²) in [7, 11) is 2.76. The van der Waals surface area contributed by atoms with Crippen LogP contribution < -0.4 is 10.6 Å². The summed E-state index contributed by atoms with van der Waals surface area (Å²) in [4.78, 5) is 23.3. The van der Waals surface area contributed by atoms with E-state index in [0.29, 0.717) is 5.92 Å². The van der Waals surface area contributed by atoms with Gasteiger partial charge in [0.15, 0.2) is 5.54 Å². The van der Waals surface area contributed by atoms with Gasteiger partial charge in [0.2, 0.25) is 5.91 Å². The third kappa shape index (κ3) is 4.62. The molecule has 0 heterocycles. The first-order valence-corrected chi connectivity index (χ1v) is 6.11. The highest BCUT2D eigenvalue weighted by Crippen LogP contribution is 2.27. The normalized spacial score (nSPS) is 17.9. The van der Waals surface area contributed by atoms with Gasteiger partial charge in [-0.1, -0.05) is 0 Å². The number of carbonyl (C=O) groups is 2. The first kappa shape index (κ1) is 14.9. The monoisotopic (exact) mass is 258 g/mol. The lowest BCUT2D eigenvalue weighted by Crippen LogP contribution is -2.57. The molecule has 0 aromatic rings. The summed E-state index contributed by atoms with van der Waals surface area (Å²) >= 11 is 0. The molecule has 0 aromatic carbocycles. The number of amides is 1. The van der Waals surface area contributed by atoms with Crippen LogP contribution in [0.2, 0.25) is 0 Å². The topological polar surface area (TPSA) is 76.7 Å². The lowest BCUT2D eigenvalue weighted by atomic mass is 10.0. The molecule has 1 aliphatic carbocycles. The zero-order valence-electron chi connectivity index (χ0n) is 11.2. The van der Waals surface area contributed by atoms with E-state index in [9.17, 15) is 9.59 Å². The molecule has 18 heavy (non-hydrogen) atoms. The Labute approximate surface area is 107 Å². The number of nitrogens with one attached hydrogen (secondary N) is 2. The molecule has 6 nitrogen and oxygen atoms in total. The summed E-state index contributed by atoms with van der Waals surface area (Å²) in [5.74, 6) is -0.0377. The van der Waals surface area contributed by atoms with Crippen LogP contribution >= 0.6 is 0 Å². The molecule has 0 spiro atoms. The molecule has 1 unspecified atom stereocenters. The third-order valence-corrected chi connectivity index (χ3v) is 2.90. The van der Waals surface area contributed by atoms with Crippen molar-refractivity contribution in [2.45, 2.75) is 25.3 Å². The Morgan fingerprint density at radius 2 is 2.00 bits per heavy atom. The van der Waals surface area contributed by atoms with Crippen LogP contribution in [0.4, 0.5) is 0 Å². The number of hydrogen-bond acceptors (Lipinski definition) is 5. The first-order valence-electron chi connectivity index (χ1n) is 6.11. The van der Waals surface area contributed by atoms with Crippen molar-refractivity contribution < 1.29 is 19.1 Å². The predicted octanol–water partition coefficient (Wildman–Crippen LogP) is -0.320. The number of methoxy groups -OCH3 is 2. The van der Waals surface area contributed by atoms with E-state index in [-0.39, 0.29) is 19.1 Å². The Hall–Kier alpha value is -1.14. The van der Waals surface area contributed by atoms with Gasteiger partial charge in [-0.2, -0.15) is 0 Å². The van der Waals surface area contributed by atoms with E-state index in [0.717, 1.165) is 6.54 Å². The molecule has 1 saturated carbocycles. The molecule has 1 aliphatic rings. The number of hydrogen-bond donors (Lipinski definition) is 2. The molecule has 0 bridgehead atoms. The summed E-state index contributed by atoms with van der Waals surface area (Å²) in [6.45, 7) is 2.72. The standard InChI is InChI=1S/C12H22N2O4/c1-12(8-17-2,11(16)18-3)14-10(15)7-13-6-9-4-5-9/h9,13H,4-8H2,1-3H3,(H,14,15). The van der Waals surface area contributed by atoms with Crippen LogP contribution in [0.25, 0.3) is 0 Å². The maximum Gasteiger partial charge on any atom is 0.333 e. The summed E-state index contributed by atoms with van der Waals surface area (Å²) in [5.41, 5.74) is -1.14. The second kappa shape index (κ2) is 6.70. The van der Waals surface area contributed by atoms with Crippen molar-refractivity contribution in [2.75, 3.05) is 33.9 Å². The third-order valence-electron chi connectivity index (χ3n) is 2.90. The number of esters is 1. The van der Waals surface area contributed by atoms with E-state index in [1.54, 1.807) is 6.92 Å². The lowest BCUT2D eigenvalue weighted by molar-refractivity contribution is -0.152. The molecule has 0 radical (unpaired) electrons. The molecule has 1 amide bonds. The summed E-state index contributed by atoms with van der Waals surface area (Å²) < 4.78 is 9.62. The minimum absolute atomic E-state index is 0.0774. The minimum Gasteiger partial charge on any atom is -0.467 e. The minimum atomic E-state index is -1.14. The maximum absolute atomic E-state index is 11.7. The fraction of sp³-hybridized carbons (Fsp3) is 0.833. The highest BCUT2D eigenvalue weighted by Gasteiger charge is 2.36. The number of ether oxygens (including phenoxy) is 2. The predicted molar refractivity (Wildman–Crippen MR) is 66.0 cm³/mol. The van der Waals surface area contributed by atoms with E-state index in [1.807, 2.05) is 0 Å². The highest BCUT2D eigenvalue weighted by atomic mass is 16.5. The van der Waals surface area contributed by atoms with Gasteiger partial charge < -0.3 is 20.1 Å². The average molecular weight is 258 g/mol. The lowest BCUT2D eigenvalue weighted by Gasteiger charge is -2.27. The quantitative estimate of drug-likeness (QED) is 0.584. The van der Waals surface area contributed by atoms with Gasteiger partial charge in [-0.25, -0.2) is 4.79 Å². The summed E-state index contributed by atoms with van der Waals surface area (Å²) in [6.07, 6.45) is 2.47. The van der Waals surface area contributed by atoms with Crippen LogP contribution in [0.15, 0.2) is 0 Å². The molecule has 6 heteroatoms. The molecule has 104 valence electrons.